The minimum Gasteiger partial charge on any atom is -0.462 e. The molecule has 0 bridgehead atoms. The second-order valence-electron chi connectivity index (χ2n) is 3.74. The minimum atomic E-state index is -0.795. The lowest BCUT2D eigenvalue weighted by molar-refractivity contribution is 0.0527. The second kappa shape index (κ2) is 5.80. The molecule has 0 spiro atoms. The van der Waals surface area contributed by atoms with Gasteiger partial charge in [-0.15, -0.1) is 11.3 Å². The summed E-state index contributed by atoms with van der Waals surface area (Å²) in [5.74, 6) is -0.377. The first kappa shape index (κ1) is 12.8. The summed E-state index contributed by atoms with van der Waals surface area (Å²) in [5.41, 5.74) is 1.37. The van der Waals surface area contributed by atoms with Crippen molar-refractivity contribution in [2.45, 2.75) is 13.0 Å². The van der Waals surface area contributed by atoms with Crippen LogP contribution in [0.15, 0.2) is 41.8 Å². The zero-order valence-electron chi connectivity index (χ0n) is 10.00. The average Bonchev–Trinajstić information content (AvgIpc) is 2.88. The van der Waals surface area contributed by atoms with Crippen LogP contribution in [0.2, 0.25) is 0 Å². The summed E-state index contributed by atoms with van der Waals surface area (Å²) in [6.45, 7) is 2.09. The van der Waals surface area contributed by atoms with Crippen molar-refractivity contribution in [1.29, 1.82) is 0 Å². The Labute approximate surface area is 110 Å². The van der Waals surface area contributed by atoms with Crippen LogP contribution < -0.4 is 0 Å². The molecule has 94 valence electrons. The topological polar surface area (TPSA) is 46.5 Å². The van der Waals surface area contributed by atoms with Crippen LogP contribution in [-0.2, 0) is 4.74 Å². The van der Waals surface area contributed by atoms with Gasteiger partial charge < -0.3 is 9.84 Å². The smallest absolute Gasteiger partial charge is 0.348 e. The van der Waals surface area contributed by atoms with Crippen LogP contribution in [0.1, 0.15) is 33.8 Å². The van der Waals surface area contributed by atoms with E-state index in [1.54, 1.807) is 18.4 Å². The molecular weight excluding hydrogens is 248 g/mol. The van der Waals surface area contributed by atoms with Crippen molar-refractivity contribution in [3.8, 4) is 0 Å². The number of ether oxygens (including phenoxy) is 1. The molecule has 0 aliphatic carbocycles. The van der Waals surface area contributed by atoms with E-state index in [1.165, 1.54) is 11.3 Å². The lowest BCUT2D eigenvalue weighted by Crippen LogP contribution is -2.08. The molecule has 1 atom stereocenters. The number of esters is 1. The normalized spacial score (nSPS) is 12.1. The molecule has 0 aliphatic heterocycles. The Hall–Kier alpha value is -1.65. The first-order valence-electron chi connectivity index (χ1n) is 5.71. The molecule has 1 aromatic heterocycles. The van der Waals surface area contributed by atoms with Crippen LogP contribution in [0.3, 0.4) is 0 Å². The van der Waals surface area contributed by atoms with E-state index in [0.29, 0.717) is 17.0 Å². The fraction of sp³-hybridized carbons (Fsp3) is 0.214. The second-order valence-corrected chi connectivity index (χ2v) is 4.65. The first-order chi connectivity index (χ1) is 8.74. The fourth-order valence-corrected chi connectivity index (χ4v) is 2.53. The number of aliphatic hydroxyl groups is 1. The monoisotopic (exact) mass is 262 g/mol. The molecule has 1 N–H and O–H groups in total. The molecule has 0 saturated heterocycles. The highest BCUT2D eigenvalue weighted by molar-refractivity contribution is 7.12. The summed E-state index contributed by atoms with van der Waals surface area (Å²) in [6.07, 6.45) is -0.795. The van der Waals surface area contributed by atoms with Crippen LogP contribution >= 0.6 is 11.3 Å². The summed E-state index contributed by atoms with van der Waals surface area (Å²) in [4.78, 5) is 12.2. The van der Waals surface area contributed by atoms with E-state index in [0.717, 1.165) is 5.56 Å². The lowest BCUT2D eigenvalue weighted by atomic mass is 10.0. The molecule has 0 aliphatic rings. The molecule has 0 amide bonds. The Kier molecular flexibility index (Phi) is 4.12. The van der Waals surface area contributed by atoms with Crippen LogP contribution in [-0.4, -0.2) is 17.7 Å². The molecular formula is C14H14O3S. The van der Waals surface area contributed by atoms with E-state index in [4.69, 9.17) is 4.74 Å². The number of hydrogen-bond donors (Lipinski definition) is 1. The first-order valence-corrected chi connectivity index (χ1v) is 6.59. The number of hydrogen-bond acceptors (Lipinski definition) is 4. The van der Waals surface area contributed by atoms with Crippen molar-refractivity contribution in [2.75, 3.05) is 6.61 Å². The predicted octanol–water partition coefficient (Wildman–Crippen LogP) is 3.01. The molecule has 18 heavy (non-hydrogen) atoms. The van der Waals surface area contributed by atoms with Crippen molar-refractivity contribution < 1.29 is 14.6 Å². The molecule has 1 unspecified atom stereocenters. The van der Waals surface area contributed by atoms with Crippen LogP contribution in [0.4, 0.5) is 0 Å². The van der Waals surface area contributed by atoms with Gasteiger partial charge in [0.15, 0.2) is 0 Å². The predicted molar refractivity (Wildman–Crippen MR) is 70.8 cm³/mol. The average molecular weight is 262 g/mol. The Balaban J connectivity index is 2.29. The molecule has 0 radical (unpaired) electrons. The molecule has 0 fully saturated rings. The standard InChI is InChI=1S/C14H14O3S/c1-2-17-14(16)13-11(8-9-18-13)12(15)10-6-4-3-5-7-10/h3-9,12,15H,2H2,1H3. The number of aliphatic hydroxyl groups excluding tert-OH is 1. The van der Waals surface area contributed by atoms with Gasteiger partial charge in [0.2, 0.25) is 0 Å². The SMILES string of the molecule is CCOC(=O)c1sccc1C(O)c1ccccc1. The highest BCUT2D eigenvalue weighted by Crippen LogP contribution is 2.29. The quantitative estimate of drug-likeness (QED) is 0.862. The minimum absolute atomic E-state index is 0.331. The highest BCUT2D eigenvalue weighted by atomic mass is 32.1. The maximum atomic E-state index is 11.7. The molecule has 2 aromatic rings. The summed E-state index contributed by atoms with van der Waals surface area (Å²) in [5, 5.41) is 12.1. The molecule has 4 heteroatoms. The third-order valence-electron chi connectivity index (χ3n) is 2.57. The van der Waals surface area contributed by atoms with Crippen molar-refractivity contribution in [3.05, 3.63) is 57.8 Å². The van der Waals surface area contributed by atoms with Crippen LogP contribution in [0, 0.1) is 0 Å². The van der Waals surface area contributed by atoms with E-state index >= 15 is 0 Å². The highest BCUT2D eigenvalue weighted by Gasteiger charge is 2.20. The van der Waals surface area contributed by atoms with Gasteiger partial charge in [-0.05, 0) is 23.9 Å². The van der Waals surface area contributed by atoms with Gasteiger partial charge >= 0.3 is 5.97 Å². The number of thiophene rings is 1. The number of carbonyl (C=O) groups excluding carboxylic acids is 1. The maximum absolute atomic E-state index is 11.7. The van der Waals surface area contributed by atoms with Gasteiger partial charge in [0, 0.05) is 5.56 Å². The zero-order valence-corrected chi connectivity index (χ0v) is 10.8. The molecule has 2 rings (SSSR count). The summed E-state index contributed by atoms with van der Waals surface area (Å²) in [7, 11) is 0. The number of rotatable bonds is 4. The van der Waals surface area contributed by atoms with Gasteiger partial charge in [0.25, 0.3) is 0 Å². The molecule has 1 aromatic carbocycles. The number of benzene rings is 1. The number of carbonyl (C=O) groups is 1. The van der Waals surface area contributed by atoms with Crippen molar-refractivity contribution in [2.24, 2.45) is 0 Å². The molecule has 1 heterocycles. The van der Waals surface area contributed by atoms with Gasteiger partial charge in [-0.2, -0.15) is 0 Å². The molecule has 0 saturated carbocycles. The van der Waals surface area contributed by atoms with Gasteiger partial charge in [0.05, 0.1) is 6.61 Å². The van der Waals surface area contributed by atoms with E-state index in [1.807, 2.05) is 30.3 Å². The van der Waals surface area contributed by atoms with Crippen molar-refractivity contribution >= 4 is 17.3 Å². The Morgan fingerprint density at radius 2 is 2.06 bits per heavy atom. The fourth-order valence-electron chi connectivity index (χ4n) is 1.71. The van der Waals surface area contributed by atoms with E-state index in [-0.39, 0.29) is 5.97 Å². The van der Waals surface area contributed by atoms with Crippen LogP contribution in [0.25, 0.3) is 0 Å². The van der Waals surface area contributed by atoms with Crippen molar-refractivity contribution in [3.63, 3.8) is 0 Å². The Morgan fingerprint density at radius 1 is 1.33 bits per heavy atom. The summed E-state index contributed by atoms with van der Waals surface area (Å²) >= 11 is 1.29. The van der Waals surface area contributed by atoms with Gasteiger partial charge in [-0.25, -0.2) is 4.79 Å². The Bertz CT molecular complexity index is 519. The van der Waals surface area contributed by atoms with Gasteiger partial charge in [-0.3, -0.25) is 0 Å². The summed E-state index contributed by atoms with van der Waals surface area (Å²) < 4.78 is 4.97. The largest absolute Gasteiger partial charge is 0.462 e. The van der Waals surface area contributed by atoms with Crippen LogP contribution in [0.5, 0.6) is 0 Å². The third-order valence-corrected chi connectivity index (χ3v) is 3.48. The molecule has 3 nitrogen and oxygen atoms in total. The van der Waals surface area contributed by atoms with E-state index < -0.39 is 6.10 Å². The third kappa shape index (κ3) is 2.60. The van der Waals surface area contributed by atoms with Gasteiger partial charge in [0.1, 0.15) is 11.0 Å². The van der Waals surface area contributed by atoms with Crippen molar-refractivity contribution in [1.82, 2.24) is 0 Å². The van der Waals surface area contributed by atoms with Gasteiger partial charge in [-0.1, -0.05) is 30.3 Å². The lowest BCUT2D eigenvalue weighted by Gasteiger charge is -2.11. The summed E-state index contributed by atoms with van der Waals surface area (Å²) in [6, 6.07) is 11.0. The maximum Gasteiger partial charge on any atom is 0.348 e. The van der Waals surface area contributed by atoms with E-state index in [9.17, 15) is 9.90 Å². The zero-order chi connectivity index (χ0) is 13.0. The van der Waals surface area contributed by atoms with E-state index in [2.05, 4.69) is 0 Å². The Morgan fingerprint density at radius 3 is 2.72 bits per heavy atom.